The van der Waals surface area contributed by atoms with E-state index < -0.39 is 4.92 Å². The van der Waals surface area contributed by atoms with Gasteiger partial charge in [-0.05, 0) is 48.7 Å². The third kappa shape index (κ3) is 8.02. The number of aromatic nitrogens is 3. The second kappa shape index (κ2) is 14.3. The van der Waals surface area contributed by atoms with Crippen LogP contribution >= 0.6 is 0 Å². The smallest absolute Gasteiger partial charge is 0.269 e. The molecular formula is C26H34N8O4. The highest BCUT2D eigenvalue weighted by Gasteiger charge is 2.14. The van der Waals surface area contributed by atoms with Crippen LogP contribution in [-0.2, 0) is 0 Å². The predicted molar refractivity (Wildman–Crippen MR) is 149 cm³/mol. The van der Waals surface area contributed by atoms with E-state index in [4.69, 9.17) is 9.47 Å². The first-order chi connectivity index (χ1) is 18.5. The number of hydrogen-bond acceptors (Lipinski definition) is 11. The minimum absolute atomic E-state index is 0.00375. The van der Waals surface area contributed by atoms with Gasteiger partial charge in [-0.25, -0.2) is 5.43 Å². The summed E-state index contributed by atoms with van der Waals surface area (Å²) in [5, 5.41) is 18.4. The van der Waals surface area contributed by atoms with Crippen LogP contribution in [0.3, 0.4) is 0 Å². The van der Waals surface area contributed by atoms with Gasteiger partial charge in [0.25, 0.3) is 5.69 Å². The fourth-order valence-electron chi connectivity index (χ4n) is 3.52. The molecule has 0 atom stereocenters. The maximum atomic E-state index is 11.0. The second-order valence-electron chi connectivity index (χ2n) is 8.39. The van der Waals surface area contributed by atoms with Crippen molar-refractivity contribution in [2.75, 3.05) is 43.0 Å². The number of nitro benzene ring substituents is 1. The van der Waals surface area contributed by atoms with Crippen LogP contribution in [-0.4, -0.2) is 53.4 Å². The monoisotopic (exact) mass is 522 g/mol. The van der Waals surface area contributed by atoms with Crippen molar-refractivity contribution in [1.29, 1.82) is 0 Å². The van der Waals surface area contributed by atoms with E-state index in [0.29, 0.717) is 29.1 Å². The molecule has 12 heteroatoms. The van der Waals surface area contributed by atoms with Crippen molar-refractivity contribution in [2.24, 2.45) is 5.10 Å². The Morgan fingerprint density at radius 2 is 1.61 bits per heavy atom. The van der Waals surface area contributed by atoms with E-state index >= 15 is 0 Å². The zero-order valence-corrected chi connectivity index (χ0v) is 22.2. The molecule has 2 N–H and O–H groups in total. The lowest BCUT2D eigenvalue weighted by Crippen LogP contribution is -2.28. The van der Waals surface area contributed by atoms with E-state index in [0.717, 1.165) is 44.3 Å². The molecule has 12 nitrogen and oxygen atoms in total. The molecule has 3 rings (SSSR count). The highest BCUT2D eigenvalue weighted by atomic mass is 16.6. The zero-order chi connectivity index (χ0) is 27.3. The van der Waals surface area contributed by atoms with Crippen LogP contribution in [0.4, 0.5) is 29.2 Å². The first kappa shape index (κ1) is 28.1. The number of unbranched alkanes of at least 4 members (excludes halogenated alkanes) is 2. The Balaban J connectivity index is 1.88. The Morgan fingerprint density at radius 3 is 2.21 bits per heavy atom. The van der Waals surface area contributed by atoms with E-state index in [-0.39, 0.29) is 11.6 Å². The Kier molecular flexibility index (Phi) is 10.6. The van der Waals surface area contributed by atoms with Crippen molar-refractivity contribution in [3.63, 3.8) is 0 Å². The molecule has 38 heavy (non-hydrogen) atoms. The average molecular weight is 523 g/mol. The normalized spacial score (nSPS) is 10.8. The number of nitrogens with one attached hydrogen (secondary N) is 2. The van der Waals surface area contributed by atoms with E-state index in [1.165, 1.54) is 12.1 Å². The highest BCUT2D eigenvalue weighted by molar-refractivity contribution is 5.81. The summed E-state index contributed by atoms with van der Waals surface area (Å²) in [6.07, 6.45) is 5.72. The first-order valence-electron chi connectivity index (χ1n) is 12.5. The van der Waals surface area contributed by atoms with Gasteiger partial charge >= 0.3 is 0 Å². The van der Waals surface area contributed by atoms with Crippen molar-refractivity contribution in [2.45, 2.75) is 39.5 Å². The number of benzene rings is 2. The third-order valence-electron chi connectivity index (χ3n) is 5.59. The summed E-state index contributed by atoms with van der Waals surface area (Å²) in [4.78, 5) is 26.4. The van der Waals surface area contributed by atoms with Crippen LogP contribution in [0.1, 0.15) is 45.1 Å². The van der Waals surface area contributed by atoms with Crippen molar-refractivity contribution >= 4 is 35.4 Å². The van der Waals surface area contributed by atoms with Crippen LogP contribution in [0, 0.1) is 10.1 Å². The van der Waals surface area contributed by atoms with Gasteiger partial charge in [0.1, 0.15) is 0 Å². The summed E-state index contributed by atoms with van der Waals surface area (Å²) in [6.45, 7) is 5.91. The van der Waals surface area contributed by atoms with E-state index in [1.54, 1.807) is 38.6 Å². The minimum Gasteiger partial charge on any atom is -0.493 e. The average Bonchev–Trinajstić information content (AvgIpc) is 2.93. The Bertz CT molecular complexity index is 1210. The largest absolute Gasteiger partial charge is 0.493 e. The molecule has 0 radical (unpaired) electrons. The standard InChI is InChI=1S/C26H34N8O4/c1-5-7-15-33(16-8-6-2)26-30-24(28-20-10-12-21(13-11-20)34(35)36)29-25(31-26)32-27-18-19-9-14-22(37-3)23(17-19)38-4/h9-14,17-18H,5-8,15-16H2,1-4H3,(H2,28,29,30,31,32). The minimum atomic E-state index is -0.442. The molecule has 0 aliphatic carbocycles. The highest BCUT2D eigenvalue weighted by Crippen LogP contribution is 2.27. The number of nitrogens with zero attached hydrogens (tertiary/aromatic N) is 6. The fraction of sp³-hybridized carbons (Fsp3) is 0.385. The fourth-order valence-corrected chi connectivity index (χ4v) is 3.52. The van der Waals surface area contributed by atoms with Crippen LogP contribution in [0.15, 0.2) is 47.6 Å². The van der Waals surface area contributed by atoms with Gasteiger partial charge in [-0.1, -0.05) is 26.7 Å². The molecular weight excluding hydrogens is 488 g/mol. The predicted octanol–water partition coefficient (Wildman–Crippen LogP) is 5.39. The molecule has 0 amide bonds. The van der Waals surface area contributed by atoms with Gasteiger partial charge in [-0.3, -0.25) is 10.1 Å². The van der Waals surface area contributed by atoms with Gasteiger partial charge in [0.2, 0.25) is 17.8 Å². The second-order valence-corrected chi connectivity index (χ2v) is 8.39. The third-order valence-corrected chi connectivity index (χ3v) is 5.59. The number of rotatable bonds is 15. The number of hydrogen-bond donors (Lipinski definition) is 2. The van der Waals surface area contributed by atoms with E-state index in [2.05, 4.69) is 49.5 Å². The summed E-state index contributed by atoms with van der Waals surface area (Å²) in [5.41, 5.74) is 4.30. The Morgan fingerprint density at radius 1 is 0.947 bits per heavy atom. The van der Waals surface area contributed by atoms with Crippen LogP contribution in [0.2, 0.25) is 0 Å². The van der Waals surface area contributed by atoms with E-state index in [9.17, 15) is 10.1 Å². The van der Waals surface area contributed by atoms with Gasteiger partial charge in [-0.2, -0.15) is 20.1 Å². The van der Waals surface area contributed by atoms with Gasteiger partial charge < -0.3 is 19.7 Å². The molecule has 202 valence electrons. The first-order valence-corrected chi connectivity index (χ1v) is 12.5. The maximum absolute atomic E-state index is 11.0. The molecule has 0 spiro atoms. The lowest BCUT2D eigenvalue weighted by molar-refractivity contribution is -0.384. The Hall–Kier alpha value is -4.48. The number of methoxy groups -OCH3 is 2. The van der Waals surface area contributed by atoms with Crippen LogP contribution < -0.4 is 25.1 Å². The number of nitro groups is 1. The molecule has 3 aromatic rings. The number of anilines is 4. The zero-order valence-electron chi connectivity index (χ0n) is 22.2. The molecule has 0 aliphatic rings. The Labute approximate surface area is 222 Å². The molecule has 0 aliphatic heterocycles. The van der Waals surface area contributed by atoms with Crippen LogP contribution in [0.25, 0.3) is 0 Å². The SMILES string of the molecule is CCCCN(CCCC)c1nc(NN=Cc2ccc(OC)c(OC)c2)nc(Nc2ccc([N+](=O)[O-])cc2)n1. The number of hydrazone groups is 1. The van der Waals surface area contributed by atoms with Gasteiger partial charge in [0.15, 0.2) is 11.5 Å². The topological polar surface area (TPSA) is 140 Å². The van der Waals surface area contributed by atoms with Gasteiger partial charge in [-0.15, -0.1) is 0 Å². The van der Waals surface area contributed by atoms with Gasteiger partial charge in [0, 0.05) is 30.9 Å². The lowest BCUT2D eigenvalue weighted by Gasteiger charge is -2.23. The molecule has 0 unspecified atom stereocenters. The number of non-ortho nitro benzene ring substituents is 1. The summed E-state index contributed by atoms with van der Waals surface area (Å²) in [5.74, 6) is 2.30. The van der Waals surface area contributed by atoms with Crippen molar-refractivity contribution < 1.29 is 14.4 Å². The molecule has 0 saturated heterocycles. The summed E-state index contributed by atoms with van der Waals surface area (Å²) < 4.78 is 10.6. The molecule has 0 saturated carbocycles. The van der Waals surface area contributed by atoms with Gasteiger partial charge in [0.05, 0.1) is 25.4 Å². The molecule has 1 aromatic heterocycles. The summed E-state index contributed by atoms with van der Waals surface area (Å²) >= 11 is 0. The number of ether oxygens (including phenoxy) is 2. The maximum Gasteiger partial charge on any atom is 0.269 e. The lowest BCUT2D eigenvalue weighted by atomic mass is 10.2. The van der Waals surface area contributed by atoms with Crippen molar-refractivity contribution in [1.82, 2.24) is 15.0 Å². The molecule has 0 fully saturated rings. The summed E-state index contributed by atoms with van der Waals surface area (Å²) in [7, 11) is 3.16. The van der Waals surface area contributed by atoms with Crippen molar-refractivity contribution in [3.8, 4) is 11.5 Å². The summed E-state index contributed by atoms with van der Waals surface area (Å²) in [6, 6.07) is 11.5. The molecule has 0 bridgehead atoms. The molecule has 1 heterocycles. The molecule has 2 aromatic carbocycles. The van der Waals surface area contributed by atoms with Crippen LogP contribution in [0.5, 0.6) is 11.5 Å². The quantitative estimate of drug-likeness (QED) is 0.152. The van der Waals surface area contributed by atoms with E-state index in [1.807, 2.05) is 12.1 Å². The van der Waals surface area contributed by atoms with Crippen molar-refractivity contribution in [3.05, 3.63) is 58.1 Å².